The molecule has 18 heteroatoms. The minimum absolute atomic E-state index is 0.00160. The number of esters is 4. The first-order chi connectivity index (χ1) is 36.5. The van der Waals surface area contributed by atoms with Crippen LogP contribution < -0.4 is 0 Å². The molecule has 79 heavy (non-hydrogen) atoms. The van der Waals surface area contributed by atoms with Crippen LogP contribution in [0.5, 0.6) is 0 Å². The van der Waals surface area contributed by atoms with E-state index in [9.17, 15) is 53.4 Å². The van der Waals surface area contributed by atoms with Crippen LogP contribution in [0, 0.1) is 69.0 Å². The Labute approximate surface area is 470 Å². The molecule has 4 aliphatic rings. The fourth-order valence-corrected chi connectivity index (χ4v) is 9.10. The highest BCUT2D eigenvalue weighted by Gasteiger charge is 2.45. The molecular formula is C61H100O18. The third kappa shape index (κ3) is 30.3. The summed E-state index contributed by atoms with van der Waals surface area (Å²) < 4.78 is 21.3. The number of hydrogen-bond acceptors (Lipinski definition) is 14. The summed E-state index contributed by atoms with van der Waals surface area (Å²) in [4.78, 5) is 102. The number of aliphatic hydroxyl groups is 1. The highest BCUT2D eigenvalue weighted by atomic mass is 16.6. The Morgan fingerprint density at radius 2 is 0.671 bits per heavy atom. The Balaban J connectivity index is 0.000000527. The number of hydrogen-bond donors (Lipinski definition) is 5. The van der Waals surface area contributed by atoms with Gasteiger partial charge in [0.1, 0.15) is 30.7 Å². The first-order valence-corrected chi connectivity index (χ1v) is 28.5. The van der Waals surface area contributed by atoms with Gasteiger partial charge in [-0.05, 0) is 129 Å². The number of carbonyl (C=O) groups is 9. The van der Waals surface area contributed by atoms with Crippen LogP contribution in [0.3, 0.4) is 0 Å². The minimum Gasteiger partial charge on any atom is -0.481 e. The molecule has 0 heterocycles. The first kappa shape index (κ1) is 71.9. The van der Waals surface area contributed by atoms with E-state index in [4.69, 9.17) is 34.3 Å². The van der Waals surface area contributed by atoms with Gasteiger partial charge in [0.05, 0.1) is 49.4 Å². The maximum Gasteiger partial charge on any atom is 0.307 e. The van der Waals surface area contributed by atoms with Gasteiger partial charge in [0.2, 0.25) is 0 Å². The van der Waals surface area contributed by atoms with Crippen molar-refractivity contribution >= 4 is 54.0 Å². The Kier molecular flexibility index (Phi) is 30.6. The van der Waals surface area contributed by atoms with E-state index in [1.54, 1.807) is 20.8 Å². The molecule has 452 valence electrons. The van der Waals surface area contributed by atoms with Gasteiger partial charge in [0.25, 0.3) is 0 Å². The van der Waals surface area contributed by atoms with E-state index < -0.39 is 87.1 Å². The van der Waals surface area contributed by atoms with Gasteiger partial charge in [-0.1, -0.05) is 102 Å². The zero-order valence-electron chi connectivity index (χ0n) is 49.8. The Hall–Kier alpha value is -5.13. The quantitative estimate of drug-likeness (QED) is 0.0142. The lowest BCUT2D eigenvalue weighted by Gasteiger charge is -2.26. The lowest BCUT2D eigenvalue weighted by Crippen LogP contribution is -2.31. The van der Waals surface area contributed by atoms with Crippen molar-refractivity contribution in [3.8, 4) is 0 Å². The number of carboxylic acids is 4. The Morgan fingerprint density at radius 3 is 0.899 bits per heavy atom. The molecule has 0 amide bonds. The summed E-state index contributed by atoms with van der Waals surface area (Å²) in [6, 6.07) is 0. The predicted molar refractivity (Wildman–Crippen MR) is 297 cm³/mol. The second-order valence-corrected chi connectivity index (χ2v) is 26.3. The summed E-state index contributed by atoms with van der Waals surface area (Å²) in [7, 11) is 0. The van der Waals surface area contributed by atoms with Crippen molar-refractivity contribution in [2.24, 2.45) is 69.0 Å². The number of aldehydes is 1. The number of unbranched alkanes of at least 4 members (excludes halogenated alkanes) is 3. The van der Waals surface area contributed by atoms with E-state index >= 15 is 0 Å². The molecule has 4 fully saturated rings. The van der Waals surface area contributed by atoms with E-state index in [-0.39, 0.29) is 62.7 Å². The monoisotopic (exact) mass is 1120 g/mol. The summed E-state index contributed by atoms with van der Waals surface area (Å²) >= 11 is 0. The number of aliphatic carboxylic acids is 4. The number of rotatable bonds is 31. The SMILES string of the molecule is C=CCCC[C@@H]1C[C@H]1OC(=O)C[C@H](C(=O)O)C(C)(C)C.C=CCC[C@@H]1C[C@H]1OC(=O)C[C@H](C(=O)O)C(C)(C)C.CC(C)(C)[C@H](CC(=O)O[C@@H]1C[C@H]1CCCC=O)C(=O)O.CC(C)(C)[C@H](CC(=O)O[C@@H]1C[C@H]1CCCCO)C(=O)O. The van der Waals surface area contributed by atoms with Gasteiger partial charge in [0, 0.05) is 13.0 Å². The second kappa shape index (κ2) is 33.6. The molecule has 0 bridgehead atoms. The molecule has 0 aliphatic heterocycles. The third-order valence-electron chi connectivity index (χ3n) is 15.0. The van der Waals surface area contributed by atoms with Crippen LogP contribution >= 0.6 is 0 Å². The largest absolute Gasteiger partial charge is 0.481 e. The first-order valence-electron chi connectivity index (χ1n) is 28.5. The van der Waals surface area contributed by atoms with Gasteiger partial charge < -0.3 is 49.3 Å². The number of carbonyl (C=O) groups excluding carboxylic acids is 5. The van der Waals surface area contributed by atoms with Gasteiger partial charge in [0.15, 0.2) is 0 Å². The van der Waals surface area contributed by atoms with Crippen molar-refractivity contribution in [2.75, 3.05) is 6.61 Å². The topological polar surface area (TPSA) is 292 Å². The van der Waals surface area contributed by atoms with Crippen molar-refractivity contribution in [3.63, 3.8) is 0 Å². The Bertz CT molecular complexity index is 1930. The van der Waals surface area contributed by atoms with Crippen LogP contribution in [-0.4, -0.2) is 111 Å². The maximum absolute atomic E-state index is 11.8. The van der Waals surface area contributed by atoms with E-state index in [2.05, 4.69) is 13.2 Å². The van der Waals surface area contributed by atoms with Crippen LogP contribution in [0.25, 0.3) is 0 Å². The van der Waals surface area contributed by atoms with Crippen molar-refractivity contribution in [1.82, 2.24) is 0 Å². The molecule has 0 spiro atoms. The predicted octanol–water partition coefficient (Wildman–Crippen LogP) is 11.1. The normalized spacial score (nSPS) is 23.2. The molecule has 0 aromatic rings. The molecule has 4 saturated carbocycles. The van der Waals surface area contributed by atoms with Gasteiger partial charge >= 0.3 is 47.8 Å². The summed E-state index contributed by atoms with van der Waals surface area (Å²) in [6.45, 7) is 29.3. The van der Waals surface area contributed by atoms with Gasteiger partial charge in [-0.3, -0.25) is 38.4 Å². The van der Waals surface area contributed by atoms with Crippen LogP contribution in [0.15, 0.2) is 25.3 Å². The van der Waals surface area contributed by atoms with Crippen LogP contribution in [0.1, 0.15) is 205 Å². The van der Waals surface area contributed by atoms with Crippen LogP contribution in [-0.2, 0) is 62.1 Å². The molecule has 4 aliphatic carbocycles. The van der Waals surface area contributed by atoms with Crippen molar-refractivity contribution < 1.29 is 87.6 Å². The molecular weight excluding hydrogens is 1020 g/mol. The fourth-order valence-electron chi connectivity index (χ4n) is 9.10. The average molecular weight is 1120 g/mol. The summed E-state index contributed by atoms with van der Waals surface area (Å²) in [5.41, 5.74) is -1.83. The van der Waals surface area contributed by atoms with E-state index in [1.807, 2.05) is 74.5 Å². The second-order valence-electron chi connectivity index (χ2n) is 26.3. The number of aliphatic hydroxyl groups excluding tert-OH is 1. The van der Waals surface area contributed by atoms with Crippen molar-refractivity contribution in [3.05, 3.63) is 25.3 Å². The number of ether oxygens (including phenoxy) is 4. The molecule has 5 N–H and O–H groups in total. The minimum atomic E-state index is -0.965. The standard InChI is InChI=1S/C16H26O4.C15H26O5.C15H24O5.C15H24O4/c1-5-6-7-8-11-9-13(11)20-14(17)10-12(15(18)19)16(2,3)4;2*1-15(2,3)11(14(18)19)9-13(17)20-12-8-10(12)6-4-5-7-16;1-5-6-7-10-8-12(10)19-13(16)9-11(14(17)18)15(2,3)4/h5,11-13H,1,6-10H2,2-4H3,(H,18,19);10-12,16H,4-9H2,1-3H3,(H,18,19);7,10-12H,4-6,8-9H2,1-3H3,(H,18,19);5,10-12H,1,6-9H2,2-4H3,(H,17,18)/t11-,12-,13-;3*10-,11-,12-/m1111/s1. The summed E-state index contributed by atoms with van der Waals surface area (Å²) in [5.74, 6) is -6.66. The summed E-state index contributed by atoms with van der Waals surface area (Å²) in [5, 5.41) is 45.4. The Morgan fingerprint density at radius 1 is 0.418 bits per heavy atom. The number of allylic oxidation sites excluding steroid dienone is 2. The molecule has 0 radical (unpaired) electrons. The zero-order valence-corrected chi connectivity index (χ0v) is 49.8. The van der Waals surface area contributed by atoms with E-state index in [1.165, 1.54) is 0 Å². The number of carboxylic acid groups (broad SMARTS) is 4. The van der Waals surface area contributed by atoms with Crippen molar-refractivity contribution in [1.29, 1.82) is 0 Å². The lowest BCUT2D eigenvalue weighted by molar-refractivity contribution is -0.156. The van der Waals surface area contributed by atoms with E-state index in [0.717, 1.165) is 96.2 Å². The third-order valence-corrected chi connectivity index (χ3v) is 15.0. The highest BCUT2D eigenvalue weighted by Crippen LogP contribution is 2.42. The van der Waals surface area contributed by atoms with Gasteiger partial charge in [-0.2, -0.15) is 0 Å². The molecule has 4 rings (SSSR count). The smallest absolute Gasteiger partial charge is 0.307 e. The van der Waals surface area contributed by atoms with Crippen LogP contribution in [0.4, 0.5) is 0 Å². The molecule has 0 unspecified atom stereocenters. The maximum atomic E-state index is 11.8. The average Bonchev–Trinajstić information content (AvgIpc) is 4.15. The molecule has 0 aromatic carbocycles. The van der Waals surface area contributed by atoms with Gasteiger partial charge in [-0.25, -0.2) is 0 Å². The molecule has 0 saturated heterocycles. The molecule has 18 nitrogen and oxygen atoms in total. The van der Waals surface area contributed by atoms with Crippen molar-refractivity contribution in [2.45, 2.75) is 229 Å². The van der Waals surface area contributed by atoms with Gasteiger partial charge in [-0.15, -0.1) is 13.2 Å². The van der Waals surface area contributed by atoms with E-state index in [0.29, 0.717) is 30.1 Å². The fraction of sp³-hybridized carbons (Fsp3) is 0.787. The highest BCUT2D eigenvalue weighted by molar-refractivity contribution is 5.81. The molecule has 12 atom stereocenters. The summed E-state index contributed by atoms with van der Waals surface area (Å²) in [6.07, 6.45) is 17.7. The zero-order chi connectivity index (χ0) is 60.6. The molecule has 0 aromatic heterocycles. The van der Waals surface area contributed by atoms with Crippen LogP contribution in [0.2, 0.25) is 0 Å². The lowest BCUT2D eigenvalue weighted by atomic mass is 9.79.